The number of hydrogen-bond donors (Lipinski definition) is 0. The minimum absolute atomic E-state index is 0.918. The Bertz CT molecular complexity index is 783. The van der Waals surface area contributed by atoms with E-state index < -0.39 is 10.2 Å². The molecule has 3 aromatic rings. The van der Waals surface area contributed by atoms with Crippen LogP contribution in [0.2, 0.25) is 0 Å². The lowest BCUT2D eigenvalue weighted by molar-refractivity contribution is -2.00. The number of pyridine rings is 1. The summed E-state index contributed by atoms with van der Waals surface area (Å²) in [6, 6.07) is 10.3. The molecule has 0 atom stereocenters. The molecule has 0 saturated heterocycles. The zero-order valence-electron chi connectivity index (χ0n) is 11.3. The summed E-state index contributed by atoms with van der Waals surface area (Å²) in [5.74, 6) is 0. The average molecular weight is 310 g/mol. The molecular formula is C13H12ClN3O4. The van der Waals surface area contributed by atoms with Gasteiger partial charge in [-0.25, -0.2) is 18.6 Å². The van der Waals surface area contributed by atoms with Crippen LogP contribution in [0.3, 0.4) is 0 Å². The average Bonchev–Trinajstić information content (AvgIpc) is 2.38. The molecule has 0 unspecified atom stereocenters. The summed E-state index contributed by atoms with van der Waals surface area (Å²) in [6.07, 6.45) is 1.96. The summed E-state index contributed by atoms with van der Waals surface area (Å²) in [4.78, 5) is 4.60. The quantitative estimate of drug-likeness (QED) is 0.327. The highest BCUT2D eigenvalue weighted by molar-refractivity contribution is 5.91. The molecule has 0 fully saturated rings. The van der Waals surface area contributed by atoms with Gasteiger partial charge in [0.25, 0.3) is 0 Å². The summed E-state index contributed by atoms with van der Waals surface area (Å²) in [5, 5.41) is 6.81. The summed E-state index contributed by atoms with van der Waals surface area (Å²) >= 11 is 0. The summed E-state index contributed by atoms with van der Waals surface area (Å²) in [5.41, 5.74) is 2.87. The third-order valence-corrected chi connectivity index (χ3v) is 2.87. The van der Waals surface area contributed by atoms with Gasteiger partial charge in [-0.15, -0.1) is 14.8 Å². The molecule has 3 rings (SSSR count). The first-order valence-corrected chi connectivity index (χ1v) is 7.15. The van der Waals surface area contributed by atoms with E-state index in [0.717, 1.165) is 22.4 Å². The monoisotopic (exact) mass is 309 g/mol. The number of fused-ring (bicyclic) bond motifs is 3. The fourth-order valence-corrected chi connectivity index (χ4v) is 1.86. The second-order valence-electron chi connectivity index (χ2n) is 4.33. The van der Waals surface area contributed by atoms with Crippen molar-refractivity contribution in [3.05, 3.63) is 47.9 Å². The number of aromatic nitrogens is 3. The molecule has 0 radical (unpaired) electrons. The van der Waals surface area contributed by atoms with Crippen LogP contribution in [0, 0.1) is 24.1 Å². The Morgan fingerprint density at radius 3 is 2.24 bits per heavy atom. The van der Waals surface area contributed by atoms with Crippen LogP contribution in [0.15, 0.2) is 36.5 Å². The van der Waals surface area contributed by atoms with Crippen LogP contribution < -0.4 is 23.2 Å². The Morgan fingerprint density at radius 2 is 1.57 bits per heavy atom. The van der Waals surface area contributed by atoms with Crippen molar-refractivity contribution >= 4 is 16.4 Å². The largest absolute Gasteiger partial charge is 0.356 e. The van der Waals surface area contributed by atoms with E-state index in [1.165, 1.54) is 5.39 Å². The number of nitrogens with zero attached hydrogens (tertiary/aromatic N) is 3. The number of benzene rings is 1. The Kier molecular flexibility index (Phi) is 4.31. The molecular weight excluding hydrogens is 298 g/mol. The van der Waals surface area contributed by atoms with E-state index in [1.807, 2.05) is 36.7 Å². The Morgan fingerprint density at radius 1 is 0.952 bits per heavy atom. The van der Waals surface area contributed by atoms with Gasteiger partial charge in [-0.2, -0.15) is 0 Å². The summed E-state index contributed by atoms with van der Waals surface area (Å²) in [7, 11) is -4.94. The first-order chi connectivity index (χ1) is 9.75. The molecule has 7 nitrogen and oxygen atoms in total. The predicted molar refractivity (Wildman–Crippen MR) is 62.2 cm³/mol. The molecule has 8 heteroatoms. The van der Waals surface area contributed by atoms with Gasteiger partial charge in [-0.05, 0) is 29.4 Å². The Balaban J connectivity index is 0.000000282. The van der Waals surface area contributed by atoms with Crippen LogP contribution in [0.4, 0.5) is 0 Å². The number of rotatable bonds is 0. The fourth-order valence-electron chi connectivity index (χ4n) is 1.86. The summed E-state index contributed by atoms with van der Waals surface area (Å²) in [6.45, 7) is 3.97. The minimum atomic E-state index is -4.94. The van der Waals surface area contributed by atoms with E-state index >= 15 is 0 Å². The molecule has 0 spiro atoms. The van der Waals surface area contributed by atoms with E-state index in [2.05, 4.69) is 28.3 Å². The summed E-state index contributed by atoms with van der Waals surface area (Å²) < 4.78 is 35.8. The van der Waals surface area contributed by atoms with Crippen molar-refractivity contribution in [2.75, 3.05) is 0 Å². The van der Waals surface area contributed by atoms with E-state index in [4.69, 9.17) is 18.6 Å². The molecule has 2 aromatic heterocycles. The smallest absolute Gasteiger partial charge is 0.222 e. The molecule has 0 aliphatic carbocycles. The van der Waals surface area contributed by atoms with Crippen molar-refractivity contribution in [3.63, 3.8) is 0 Å². The molecule has 2 heterocycles. The molecule has 1 aromatic carbocycles. The van der Waals surface area contributed by atoms with Crippen molar-refractivity contribution < 1.29 is 33.4 Å². The van der Waals surface area contributed by atoms with Crippen LogP contribution >= 0.6 is 0 Å². The second kappa shape index (κ2) is 5.84. The third kappa shape index (κ3) is 4.03. The van der Waals surface area contributed by atoms with E-state index in [1.54, 1.807) is 0 Å². The molecule has 0 saturated carbocycles. The maximum atomic E-state index is 8.49. The highest BCUT2D eigenvalue weighted by Gasteiger charge is 2.13. The zero-order valence-corrected chi connectivity index (χ0v) is 12.1. The molecule has 110 valence electrons. The topological polar surface area (TPSA) is 122 Å². The molecule has 0 aliphatic heterocycles. The van der Waals surface area contributed by atoms with Gasteiger partial charge >= 0.3 is 5.65 Å². The van der Waals surface area contributed by atoms with Crippen molar-refractivity contribution in [2.45, 2.75) is 13.8 Å². The molecule has 0 aliphatic rings. The lowest BCUT2D eigenvalue weighted by Crippen LogP contribution is -2.68. The first kappa shape index (κ1) is 15.5. The number of halogens is 1. The maximum absolute atomic E-state index is 8.49. The van der Waals surface area contributed by atoms with Gasteiger partial charge in [0.15, 0.2) is 5.69 Å². The van der Waals surface area contributed by atoms with Crippen molar-refractivity contribution in [3.8, 4) is 0 Å². The molecule has 0 amide bonds. The van der Waals surface area contributed by atoms with E-state index in [-0.39, 0.29) is 0 Å². The normalized spacial score (nSPS) is 11.3. The minimum Gasteiger partial charge on any atom is -0.222 e. The maximum Gasteiger partial charge on any atom is 0.356 e. The van der Waals surface area contributed by atoms with Crippen LogP contribution in [-0.4, -0.2) is 10.1 Å². The van der Waals surface area contributed by atoms with Crippen LogP contribution in [0.1, 0.15) is 11.4 Å². The van der Waals surface area contributed by atoms with Crippen molar-refractivity contribution in [2.24, 2.45) is 0 Å². The molecule has 0 bridgehead atoms. The van der Waals surface area contributed by atoms with Gasteiger partial charge in [0.1, 0.15) is 11.9 Å². The third-order valence-electron chi connectivity index (χ3n) is 2.87. The zero-order chi connectivity index (χ0) is 15.6. The fraction of sp³-hybridized carbons (Fsp3) is 0.154. The van der Waals surface area contributed by atoms with Gasteiger partial charge < -0.3 is 0 Å². The highest BCUT2D eigenvalue weighted by Crippen LogP contribution is 2.14. The van der Waals surface area contributed by atoms with Crippen LogP contribution in [-0.2, 0) is 0 Å². The first-order valence-electron chi connectivity index (χ1n) is 5.92. The van der Waals surface area contributed by atoms with Gasteiger partial charge in [-0.1, -0.05) is 23.3 Å². The number of hydrogen-bond acceptors (Lipinski definition) is 6. The van der Waals surface area contributed by atoms with E-state index in [0.29, 0.717) is 0 Å². The highest BCUT2D eigenvalue weighted by atomic mass is 35.7. The predicted octanol–water partition coefficient (Wildman–Crippen LogP) is -2.77. The van der Waals surface area contributed by atoms with Gasteiger partial charge in [0, 0.05) is 6.92 Å². The van der Waals surface area contributed by atoms with Gasteiger partial charge in [0.05, 0.1) is 5.39 Å². The van der Waals surface area contributed by atoms with Crippen molar-refractivity contribution in [1.82, 2.24) is 10.1 Å². The lowest BCUT2D eigenvalue weighted by atomic mass is 10.2. The van der Waals surface area contributed by atoms with Gasteiger partial charge in [-0.3, -0.25) is 0 Å². The van der Waals surface area contributed by atoms with Crippen LogP contribution in [0.25, 0.3) is 16.4 Å². The van der Waals surface area contributed by atoms with E-state index in [9.17, 15) is 0 Å². The Hall–Kier alpha value is -1.90. The van der Waals surface area contributed by atoms with Crippen LogP contribution in [0.5, 0.6) is 0 Å². The Labute approximate surface area is 122 Å². The van der Waals surface area contributed by atoms with Gasteiger partial charge in [0.2, 0.25) is 0 Å². The molecule has 0 N–H and O–H groups in total. The number of aryl methyl sites for hydroxylation is 2. The van der Waals surface area contributed by atoms with Crippen molar-refractivity contribution in [1.29, 1.82) is 0 Å². The second-order valence-corrected chi connectivity index (χ2v) is 5.09. The standard InChI is InChI=1S/C13H12N3.ClHO4/c1-9-10(2)15-16-8-7-11-5-3-4-6-12(11)13(16)14-9;2-1(3,4)5/h3-8H,1-2H3;(H,2,3,4,5)/q+1;/p-1. The SMILES string of the molecule is Cc1nc2c3ccccc3cc[n+]2nc1C.[O-][Cl+3]([O-])([O-])[O-]. The lowest BCUT2D eigenvalue weighted by Gasteiger charge is -2.17. The molecule has 21 heavy (non-hydrogen) atoms.